The molecule has 3 heterocycles. The Bertz CT molecular complexity index is 907. The summed E-state index contributed by atoms with van der Waals surface area (Å²) in [7, 11) is 1.59. The van der Waals surface area contributed by atoms with Gasteiger partial charge in [0.25, 0.3) is 0 Å². The van der Waals surface area contributed by atoms with Crippen LogP contribution in [-0.4, -0.2) is 100 Å². The summed E-state index contributed by atoms with van der Waals surface area (Å²) < 4.78 is 50.4. The third-order valence-electron chi connectivity index (χ3n) is 7.01. The number of amides is 2. The van der Waals surface area contributed by atoms with Crippen molar-refractivity contribution in [2.24, 2.45) is 5.92 Å². The molecule has 8 nitrogen and oxygen atoms in total. The van der Waals surface area contributed by atoms with E-state index in [0.29, 0.717) is 71.1 Å². The normalized spacial score (nSPS) is 23.0. The summed E-state index contributed by atoms with van der Waals surface area (Å²) in [6, 6.07) is 3.57. The highest BCUT2D eigenvalue weighted by atomic mass is 19.4. The smallest absolute Gasteiger partial charge is 0.385 e. The Hall–Kier alpha value is -2.37. The quantitative estimate of drug-likeness (QED) is 0.573. The van der Waals surface area contributed by atoms with E-state index in [-0.39, 0.29) is 30.8 Å². The molecule has 1 N–H and O–H groups in total. The number of anilines is 1. The van der Waals surface area contributed by atoms with Gasteiger partial charge in [-0.2, -0.15) is 13.2 Å². The number of hydrogen-bond donors (Lipinski definition) is 1. The number of carbonyl (C=O) groups excluding carboxylic acids is 2. The number of methoxy groups -OCH3 is 1. The third kappa shape index (κ3) is 6.07. The van der Waals surface area contributed by atoms with E-state index in [9.17, 15) is 22.8 Å². The monoisotopic (exact) mass is 498 g/mol. The minimum atomic E-state index is -4.44. The Morgan fingerprint density at radius 1 is 1.17 bits per heavy atom. The van der Waals surface area contributed by atoms with Crippen LogP contribution in [0.3, 0.4) is 0 Å². The van der Waals surface area contributed by atoms with Crippen LogP contribution in [0.5, 0.6) is 0 Å². The number of ether oxygens (including phenoxy) is 2. The van der Waals surface area contributed by atoms with E-state index < -0.39 is 17.7 Å². The number of rotatable bonds is 7. The van der Waals surface area contributed by atoms with Crippen molar-refractivity contribution in [3.8, 4) is 0 Å². The number of benzene rings is 1. The van der Waals surface area contributed by atoms with Gasteiger partial charge in [-0.05, 0) is 36.6 Å². The maximum Gasteiger partial charge on any atom is 0.416 e. The van der Waals surface area contributed by atoms with Crippen LogP contribution in [0.15, 0.2) is 18.2 Å². The number of nitrogens with one attached hydrogen (secondary N) is 1. The molecule has 4 rings (SSSR count). The minimum Gasteiger partial charge on any atom is -0.385 e. The molecule has 0 radical (unpaired) electrons. The van der Waals surface area contributed by atoms with Gasteiger partial charge < -0.3 is 24.6 Å². The molecule has 2 fully saturated rings. The molecule has 0 saturated carbocycles. The molecule has 35 heavy (non-hydrogen) atoms. The van der Waals surface area contributed by atoms with Crippen LogP contribution < -0.4 is 10.2 Å². The topological polar surface area (TPSA) is 74.4 Å². The van der Waals surface area contributed by atoms with E-state index in [1.165, 1.54) is 12.1 Å². The highest BCUT2D eigenvalue weighted by Crippen LogP contribution is 2.39. The molecular formula is C24H33F3N4O4. The number of carbonyl (C=O) groups is 2. The average Bonchev–Trinajstić information content (AvgIpc) is 2.85. The number of morpholine rings is 1. The summed E-state index contributed by atoms with van der Waals surface area (Å²) in [5.74, 6) is -0.663. The Morgan fingerprint density at radius 2 is 1.94 bits per heavy atom. The second-order valence-corrected chi connectivity index (χ2v) is 9.28. The van der Waals surface area contributed by atoms with E-state index in [1.807, 2.05) is 4.90 Å². The van der Waals surface area contributed by atoms with Gasteiger partial charge in [-0.3, -0.25) is 14.5 Å². The van der Waals surface area contributed by atoms with Gasteiger partial charge in [-0.1, -0.05) is 0 Å². The second kappa shape index (κ2) is 11.1. The summed E-state index contributed by atoms with van der Waals surface area (Å²) in [6.07, 6.45) is -3.57. The van der Waals surface area contributed by atoms with Crippen LogP contribution in [0.4, 0.5) is 18.9 Å². The van der Waals surface area contributed by atoms with Crippen LogP contribution in [0.1, 0.15) is 17.5 Å². The van der Waals surface area contributed by atoms with E-state index >= 15 is 0 Å². The summed E-state index contributed by atoms with van der Waals surface area (Å²) in [6.45, 7) is 5.03. The van der Waals surface area contributed by atoms with Crippen molar-refractivity contribution in [1.82, 2.24) is 15.1 Å². The van der Waals surface area contributed by atoms with Gasteiger partial charge in [0.2, 0.25) is 11.8 Å². The fourth-order valence-electron chi connectivity index (χ4n) is 5.17. The molecular weight excluding hydrogens is 465 g/mol. The zero-order chi connectivity index (χ0) is 25.0. The molecule has 3 aliphatic rings. The van der Waals surface area contributed by atoms with Crippen molar-refractivity contribution in [1.29, 1.82) is 0 Å². The number of hydrogen-bond acceptors (Lipinski definition) is 6. The summed E-state index contributed by atoms with van der Waals surface area (Å²) in [4.78, 5) is 31.9. The molecule has 3 aliphatic heterocycles. The molecule has 2 atom stereocenters. The molecule has 2 saturated heterocycles. The van der Waals surface area contributed by atoms with Crippen molar-refractivity contribution in [2.75, 3.05) is 77.6 Å². The third-order valence-corrected chi connectivity index (χ3v) is 7.01. The van der Waals surface area contributed by atoms with Crippen LogP contribution in [-0.2, 0) is 31.7 Å². The molecule has 0 spiro atoms. The molecule has 0 aromatic heterocycles. The summed E-state index contributed by atoms with van der Waals surface area (Å²) in [5.41, 5.74) is 0.570. The average molecular weight is 499 g/mol. The van der Waals surface area contributed by atoms with E-state index in [1.54, 1.807) is 12.0 Å². The van der Waals surface area contributed by atoms with E-state index in [4.69, 9.17) is 9.47 Å². The van der Waals surface area contributed by atoms with Crippen molar-refractivity contribution < 1.29 is 32.2 Å². The summed E-state index contributed by atoms with van der Waals surface area (Å²) >= 11 is 0. The van der Waals surface area contributed by atoms with E-state index in [2.05, 4.69) is 10.2 Å². The van der Waals surface area contributed by atoms with Crippen LogP contribution in [0, 0.1) is 5.92 Å². The molecule has 0 aliphatic carbocycles. The van der Waals surface area contributed by atoms with Gasteiger partial charge in [0.05, 0.1) is 37.3 Å². The fraction of sp³-hybridized carbons (Fsp3) is 0.667. The first kappa shape index (κ1) is 25.7. The molecule has 11 heteroatoms. The lowest BCUT2D eigenvalue weighted by atomic mass is 9.82. The van der Waals surface area contributed by atoms with Crippen LogP contribution >= 0.6 is 0 Å². The Morgan fingerprint density at radius 3 is 2.66 bits per heavy atom. The zero-order valence-electron chi connectivity index (χ0n) is 20.0. The van der Waals surface area contributed by atoms with Gasteiger partial charge in [-0.25, -0.2) is 0 Å². The predicted molar refractivity (Wildman–Crippen MR) is 123 cm³/mol. The number of nitrogens with zero attached hydrogens (tertiary/aromatic N) is 3. The van der Waals surface area contributed by atoms with Gasteiger partial charge in [0, 0.05) is 58.7 Å². The Kier molecular flexibility index (Phi) is 8.18. The van der Waals surface area contributed by atoms with Crippen molar-refractivity contribution in [2.45, 2.75) is 25.1 Å². The van der Waals surface area contributed by atoms with Crippen molar-refractivity contribution in [3.05, 3.63) is 29.3 Å². The van der Waals surface area contributed by atoms with Gasteiger partial charge >= 0.3 is 6.18 Å². The number of halogens is 3. The number of piperazine rings is 1. The van der Waals surface area contributed by atoms with Gasteiger partial charge in [0.15, 0.2) is 0 Å². The molecule has 1 aromatic carbocycles. The molecule has 0 bridgehead atoms. The molecule has 0 unspecified atom stereocenters. The zero-order valence-corrected chi connectivity index (χ0v) is 20.0. The maximum atomic E-state index is 13.4. The maximum absolute atomic E-state index is 13.4. The Labute approximate surface area is 203 Å². The second-order valence-electron chi connectivity index (χ2n) is 9.28. The molecule has 2 amide bonds. The first-order valence-corrected chi connectivity index (χ1v) is 12.1. The fourth-order valence-corrected chi connectivity index (χ4v) is 5.17. The summed E-state index contributed by atoms with van der Waals surface area (Å²) in [5, 5.41) is 2.93. The molecule has 1 aromatic rings. The van der Waals surface area contributed by atoms with Crippen LogP contribution in [0.2, 0.25) is 0 Å². The largest absolute Gasteiger partial charge is 0.416 e. The first-order valence-electron chi connectivity index (χ1n) is 12.1. The van der Waals surface area contributed by atoms with E-state index in [0.717, 1.165) is 11.8 Å². The standard InChI is InChI=1S/C24H33F3N4O4/c1-34-10-2-5-28-23(33)19-14-17-13-18(24(25,26)27)3-4-20(17)31-7-6-29(15-21(19)31)16-22(32)30-8-11-35-12-9-30/h3-4,13,19,21H,2,5-12,14-16H2,1H3,(H,28,33)/t19-,21+/m1/s1. The number of alkyl halides is 3. The van der Waals surface area contributed by atoms with Crippen LogP contribution in [0.25, 0.3) is 0 Å². The SMILES string of the molecule is COCCCNC(=O)[C@@H]1Cc2cc(C(F)(F)F)ccc2N2CCN(CC(=O)N3CCOCC3)C[C@@H]12. The van der Waals surface area contributed by atoms with Crippen molar-refractivity contribution in [3.63, 3.8) is 0 Å². The minimum absolute atomic E-state index is 0.0355. The lowest BCUT2D eigenvalue weighted by Gasteiger charge is -2.49. The van der Waals surface area contributed by atoms with Crippen molar-refractivity contribution >= 4 is 17.5 Å². The lowest BCUT2D eigenvalue weighted by molar-refractivity contribution is -0.138. The predicted octanol–water partition coefficient (Wildman–Crippen LogP) is 1.38. The Balaban J connectivity index is 1.52. The highest BCUT2D eigenvalue weighted by molar-refractivity contribution is 5.82. The van der Waals surface area contributed by atoms with Gasteiger partial charge in [-0.15, -0.1) is 0 Å². The number of fused-ring (bicyclic) bond motifs is 3. The lowest BCUT2D eigenvalue weighted by Crippen LogP contribution is -2.62. The van der Waals surface area contributed by atoms with Gasteiger partial charge in [0.1, 0.15) is 0 Å². The highest BCUT2D eigenvalue weighted by Gasteiger charge is 2.43. The molecule has 194 valence electrons. The first-order chi connectivity index (χ1) is 16.8.